The number of furan rings is 1. The second-order valence-electron chi connectivity index (χ2n) is 22.9. The molecule has 11 aromatic rings. The first-order valence-corrected chi connectivity index (χ1v) is 27.1. The highest BCUT2D eigenvalue weighted by Crippen LogP contribution is 2.62. The van der Waals surface area contributed by atoms with Crippen LogP contribution >= 0.6 is 11.3 Å². The van der Waals surface area contributed by atoms with Gasteiger partial charge in [0, 0.05) is 76.2 Å². The summed E-state index contributed by atoms with van der Waals surface area (Å²) >= 11 is 1.87. The van der Waals surface area contributed by atoms with Gasteiger partial charge in [-0.15, -0.1) is 11.3 Å². The monoisotopic (exact) mass is 961 g/mol. The Bertz CT molecular complexity index is 4130. The zero-order chi connectivity index (χ0) is 49.1. The standard InChI is InChI=1S/C67H56BN3OS/c1-41-35-58-63-59(36-41)70(56-22-16-21-49-47-19-10-12-23-60(47)72-64(49)56)57-40-46(71-54-31-26-44(65(2,3)4)38-51(54)66(5)33-14-15-34-67(66,71)6)27-29-52(57)68(63)53-37-43(42-17-8-7-9-18-42)25-30-55(53)69(58)45-28-32-62-50(39-45)48-20-11-13-24-61(48)73-62/h7-13,16-32,35-40H,14-15,33-34H2,1-6H3. The molecule has 6 heteroatoms. The highest BCUT2D eigenvalue weighted by atomic mass is 32.1. The van der Waals surface area contributed by atoms with E-state index in [0.717, 1.165) is 39.7 Å². The predicted octanol–water partition coefficient (Wildman–Crippen LogP) is 17.1. The molecule has 73 heavy (non-hydrogen) atoms. The first-order valence-electron chi connectivity index (χ1n) is 26.3. The first kappa shape index (κ1) is 43.1. The second kappa shape index (κ2) is 15.3. The molecule has 2 atom stereocenters. The van der Waals surface area contributed by atoms with Crippen LogP contribution in [0, 0.1) is 6.92 Å². The molecule has 0 spiro atoms. The Hall–Kier alpha value is -7.54. The number of thiophene rings is 1. The lowest BCUT2D eigenvalue weighted by atomic mass is 9.33. The minimum Gasteiger partial charge on any atom is -0.454 e. The van der Waals surface area contributed by atoms with E-state index in [9.17, 15) is 0 Å². The van der Waals surface area contributed by atoms with Crippen molar-refractivity contribution in [1.82, 2.24) is 0 Å². The summed E-state index contributed by atoms with van der Waals surface area (Å²) in [4.78, 5) is 7.91. The fourth-order valence-electron chi connectivity index (χ4n) is 14.0. The molecule has 1 aliphatic carbocycles. The predicted molar refractivity (Wildman–Crippen MR) is 312 cm³/mol. The molecule has 1 fully saturated rings. The summed E-state index contributed by atoms with van der Waals surface area (Å²) in [5.74, 6) is 0. The zero-order valence-electron chi connectivity index (χ0n) is 42.4. The number of rotatable bonds is 4. The zero-order valence-corrected chi connectivity index (χ0v) is 43.2. The number of para-hydroxylation sites is 2. The molecule has 0 saturated heterocycles. The first-order chi connectivity index (χ1) is 35.5. The molecule has 5 heterocycles. The van der Waals surface area contributed by atoms with Crippen molar-refractivity contribution < 1.29 is 4.42 Å². The van der Waals surface area contributed by atoms with Gasteiger partial charge in [-0.1, -0.05) is 150 Å². The van der Waals surface area contributed by atoms with Crippen LogP contribution in [-0.4, -0.2) is 12.3 Å². The minimum atomic E-state index is -0.115. The summed E-state index contributed by atoms with van der Waals surface area (Å²) in [7, 11) is 0. The number of hydrogen-bond acceptors (Lipinski definition) is 5. The van der Waals surface area contributed by atoms with Gasteiger partial charge < -0.3 is 19.1 Å². The van der Waals surface area contributed by atoms with E-state index in [2.05, 4.69) is 238 Å². The number of benzene rings is 9. The molecule has 0 radical (unpaired) electrons. The van der Waals surface area contributed by atoms with Crippen LogP contribution in [0.4, 0.5) is 45.5 Å². The Kier molecular flexibility index (Phi) is 9.00. The quantitative estimate of drug-likeness (QED) is 0.164. The molecule has 15 rings (SSSR count). The summed E-state index contributed by atoms with van der Waals surface area (Å²) in [5.41, 5.74) is 21.8. The second-order valence-corrected chi connectivity index (χ2v) is 23.9. The average Bonchev–Trinajstić information content (AvgIpc) is 4.04. The van der Waals surface area contributed by atoms with Crippen LogP contribution in [-0.2, 0) is 10.8 Å². The summed E-state index contributed by atoms with van der Waals surface area (Å²) in [5, 5.41) is 4.85. The molecule has 354 valence electrons. The van der Waals surface area contributed by atoms with Crippen molar-refractivity contribution in [2.75, 3.05) is 14.7 Å². The van der Waals surface area contributed by atoms with Gasteiger partial charge in [0.15, 0.2) is 5.58 Å². The molecule has 1 saturated carbocycles. The fraction of sp³-hybridized carbons (Fsp3) is 0.194. The van der Waals surface area contributed by atoms with Crippen molar-refractivity contribution in [2.45, 2.75) is 83.6 Å². The van der Waals surface area contributed by atoms with Crippen LogP contribution in [0.5, 0.6) is 0 Å². The van der Waals surface area contributed by atoms with Crippen LogP contribution in [0.15, 0.2) is 186 Å². The molecule has 2 unspecified atom stereocenters. The van der Waals surface area contributed by atoms with E-state index in [1.165, 1.54) is 118 Å². The summed E-state index contributed by atoms with van der Waals surface area (Å²) in [6.07, 6.45) is 4.78. The summed E-state index contributed by atoms with van der Waals surface area (Å²) in [6, 6.07) is 69.2. The minimum absolute atomic E-state index is 0.00610. The number of nitrogens with zero attached hydrogens (tertiary/aromatic N) is 3. The molecule has 3 aliphatic heterocycles. The van der Waals surface area contributed by atoms with E-state index in [1.807, 2.05) is 11.3 Å². The normalized spacial score (nSPS) is 18.9. The van der Waals surface area contributed by atoms with E-state index < -0.39 is 0 Å². The SMILES string of the molecule is Cc1cc2c3c(c1)N(c1cccc4c1oc1ccccc14)c1cc(N4c5ccc(C(C)(C)C)cc5C5(C)CCCCC45C)ccc1B3c1cc(-c3ccccc3)ccc1N2c1ccc2sc3ccccc3c2c1. The maximum Gasteiger partial charge on any atom is 0.252 e. The van der Waals surface area contributed by atoms with Crippen molar-refractivity contribution in [3.63, 3.8) is 0 Å². The lowest BCUT2D eigenvalue weighted by Crippen LogP contribution is -2.61. The Labute approximate surface area is 432 Å². The molecule has 4 aliphatic rings. The van der Waals surface area contributed by atoms with Gasteiger partial charge in [-0.05, 0) is 149 Å². The molecule has 9 aromatic carbocycles. The van der Waals surface area contributed by atoms with Gasteiger partial charge >= 0.3 is 0 Å². The molecule has 0 amide bonds. The fourth-order valence-corrected chi connectivity index (χ4v) is 15.1. The van der Waals surface area contributed by atoms with E-state index in [4.69, 9.17) is 4.42 Å². The van der Waals surface area contributed by atoms with Crippen molar-refractivity contribution in [1.29, 1.82) is 0 Å². The van der Waals surface area contributed by atoms with E-state index in [0.29, 0.717) is 0 Å². The van der Waals surface area contributed by atoms with E-state index in [1.54, 1.807) is 0 Å². The smallest absolute Gasteiger partial charge is 0.252 e. The molecular weight excluding hydrogens is 906 g/mol. The number of hydrogen-bond donors (Lipinski definition) is 0. The number of fused-ring (bicyclic) bond motifs is 13. The van der Waals surface area contributed by atoms with Crippen LogP contribution in [0.25, 0.3) is 53.2 Å². The van der Waals surface area contributed by atoms with Gasteiger partial charge in [0.1, 0.15) is 5.58 Å². The Balaban J connectivity index is 1.02. The Morgan fingerprint density at radius 1 is 0.521 bits per heavy atom. The van der Waals surface area contributed by atoms with Crippen molar-refractivity contribution in [2.24, 2.45) is 0 Å². The number of anilines is 8. The third kappa shape index (κ3) is 6.02. The maximum atomic E-state index is 7.03. The average molecular weight is 962 g/mol. The van der Waals surface area contributed by atoms with Gasteiger partial charge in [0.2, 0.25) is 0 Å². The topological polar surface area (TPSA) is 22.9 Å². The highest BCUT2D eigenvalue weighted by molar-refractivity contribution is 7.25. The van der Waals surface area contributed by atoms with Gasteiger partial charge in [-0.3, -0.25) is 0 Å². The highest BCUT2D eigenvalue weighted by Gasteiger charge is 2.58. The lowest BCUT2D eigenvalue weighted by molar-refractivity contribution is 0.195. The summed E-state index contributed by atoms with van der Waals surface area (Å²) in [6.45, 7) is 14.4. The lowest BCUT2D eigenvalue weighted by Gasteiger charge is -2.50. The molecular formula is C67H56BN3OS. The van der Waals surface area contributed by atoms with E-state index >= 15 is 0 Å². The third-order valence-electron chi connectivity index (χ3n) is 17.8. The molecule has 4 nitrogen and oxygen atoms in total. The molecule has 2 aromatic heterocycles. The Morgan fingerprint density at radius 3 is 2.10 bits per heavy atom. The van der Waals surface area contributed by atoms with Crippen molar-refractivity contribution in [3.05, 3.63) is 199 Å². The number of aryl methyl sites for hydroxylation is 1. The third-order valence-corrected chi connectivity index (χ3v) is 18.9. The van der Waals surface area contributed by atoms with Gasteiger partial charge in [0.05, 0.1) is 11.2 Å². The van der Waals surface area contributed by atoms with Gasteiger partial charge in [-0.25, -0.2) is 0 Å². The van der Waals surface area contributed by atoms with Crippen LogP contribution in [0.1, 0.15) is 77.0 Å². The van der Waals surface area contributed by atoms with Crippen LogP contribution in [0.2, 0.25) is 0 Å². The molecule has 0 N–H and O–H groups in total. The maximum absolute atomic E-state index is 7.03. The van der Waals surface area contributed by atoms with Gasteiger partial charge in [-0.2, -0.15) is 0 Å². The Morgan fingerprint density at radius 2 is 1.25 bits per heavy atom. The van der Waals surface area contributed by atoms with Crippen molar-refractivity contribution >= 4 is 122 Å². The van der Waals surface area contributed by atoms with Crippen LogP contribution < -0.4 is 31.1 Å². The van der Waals surface area contributed by atoms with Crippen LogP contribution in [0.3, 0.4) is 0 Å². The largest absolute Gasteiger partial charge is 0.454 e. The van der Waals surface area contributed by atoms with Crippen molar-refractivity contribution in [3.8, 4) is 11.1 Å². The van der Waals surface area contributed by atoms with E-state index in [-0.39, 0.29) is 23.1 Å². The summed E-state index contributed by atoms with van der Waals surface area (Å²) < 4.78 is 9.65. The molecule has 0 bridgehead atoms. The van der Waals surface area contributed by atoms with Gasteiger partial charge in [0.25, 0.3) is 6.71 Å².